The van der Waals surface area contributed by atoms with Crippen molar-refractivity contribution in [2.24, 2.45) is 0 Å². The summed E-state index contributed by atoms with van der Waals surface area (Å²) in [7, 11) is 0. The van der Waals surface area contributed by atoms with Crippen LogP contribution in [0, 0.1) is 5.82 Å². The number of halogens is 2. The highest BCUT2D eigenvalue weighted by Crippen LogP contribution is 2.24. The molecule has 1 unspecified atom stereocenters. The van der Waals surface area contributed by atoms with Crippen molar-refractivity contribution in [3.63, 3.8) is 0 Å². The molecular weight excluding hydrogens is 411 g/mol. The largest absolute Gasteiger partial charge is 0.463 e. The van der Waals surface area contributed by atoms with Gasteiger partial charge in [-0.15, -0.1) is 0 Å². The van der Waals surface area contributed by atoms with E-state index in [9.17, 15) is 14.0 Å². The zero-order valence-corrected chi connectivity index (χ0v) is 17.1. The zero-order valence-electron chi connectivity index (χ0n) is 16.3. The first kappa shape index (κ1) is 20.2. The van der Waals surface area contributed by atoms with Crippen LogP contribution in [0.2, 0.25) is 5.02 Å². The summed E-state index contributed by atoms with van der Waals surface area (Å²) in [6, 6.07) is 10.3. The lowest BCUT2D eigenvalue weighted by molar-refractivity contribution is -0.135. The van der Waals surface area contributed by atoms with Crippen LogP contribution in [0.15, 0.2) is 57.9 Å². The van der Waals surface area contributed by atoms with Crippen molar-refractivity contribution in [3.8, 4) is 11.5 Å². The SMILES string of the molecule is CC(C(=O)N1CCN(c2ccc(F)c(Cl)c2)CC1)n1nc(-c2ccco2)ccc1=O. The maximum Gasteiger partial charge on any atom is 0.267 e. The molecule has 0 bridgehead atoms. The van der Waals surface area contributed by atoms with E-state index in [4.69, 9.17) is 16.0 Å². The predicted molar refractivity (Wildman–Crippen MR) is 111 cm³/mol. The van der Waals surface area contributed by atoms with Crippen LogP contribution in [0.5, 0.6) is 0 Å². The maximum absolute atomic E-state index is 13.4. The van der Waals surface area contributed by atoms with Gasteiger partial charge in [0.25, 0.3) is 5.56 Å². The first-order valence-corrected chi connectivity index (χ1v) is 9.94. The number of amides is 1. The molecule has 2 aromatic heterocycles. The lowest BCUT2D eigenvalue weighted by Crippen LogP contribution is -2.51. The Kier molecular flexibility index (Phi) is 5.59. The second-order valence-corrected chi connectivity index (χ2v) is 7.47. The Labute approximate surface area is 177 Å². The molecule has 9 heteroatoms. The number of furan rings is 1. The van der Waals surface area contributed by atoms with Crippen molar-refractivity contribution < 1.29 is 13.6 Å². The maximum atomic E-state index is 13.4. The number of rotatable bonds is 4. The van der Waals surface area contributed by atoms with Crippen molar-refractivity contribution >= 4 is 23.2 Å². The number of hydrogen-bond acceptors (Lipinski definition) is 5. The molecule has 7 nitrogen and oxygen atoms in total. The van der Waals surface area contributed by atoms with Crippen molar-refractivity contribution in [1.82, 2.24) is 14.7 Å². The van der Waals surface area contributed by atoms with Gasteiger partial charge in [0, 0.05) is 37.9 Å². The van der Waals surface area contributed by atoms with Gasteiger partial charge in [0.1, 0.15) is 17.6 Å². The molecule has 0 spiro atoms. The number of benzene rings is 1. The summed E-state index contributed by atoms with van der Waals surface area (Å²) in [6.07, 6.45) is 1.52. The van der Waals surface area contributed by atoms with Crippen molar-refractivity contribution in [2.75, 3.05) is 31.1 Å². The number of hydrogen-bond donors (Lipinski definition) is 0. The molecule has 1 fully saturated rings. The molecule has 1 aromatic carbocycles. The monoisotopic (exact) mass is 430 g/mol. The third kappa shape index (κ3) is 3.95. The average Bonchev–Trinajstić information content (AvgIpc) is 3.30. The van der Waals surface area contributed by atoms with Crippen LogP contribution in [-0.4, -0.2) is 46.8 Å². The van der Waals surface area contributed by atoms with E-state index >= 15 is 0 Å². The molecule has 1 amide bonds. The molecule has 1 atom stereocenters. The molecule has 3 aromatic rings. The van der Waals surface area contributed by atoms with E-state index in [0.29, 0.717) is 37.6 Å². The topological polar surface area (TPSA) is 71.6 Å². The highest BCUT2D eigenvalue weighted by atomic mass is 35.5. The molecule has 156 valence electrons. The normalized spacial score (nSPS) is 15.3. The van der Waals surface area contributed by atoms with Crippen LogP contribution >= 0.6 is 11.6 Å². The summed E-state index contributed by atoms with van der Waals surface area (Å²) in [5, 5.41) is 4.38. The van der Waals surface area contributed by atoms with Gasteiger partial charge in [-0.1, -0.05) is 11.6 Å². The van der Waals surface area contributed by atoms with E-state index in [1.165, 1.54) is 23.1 Å². The number of aromatic nitrogens is 2. The van der Waals surface area contributed by atoms with Crippen LogP contribution in [0.3, 0.4) is 0 Å². The molecule has 1 saturated heterocycles. The molecule has 0 aliphatic carbocycles. The third-order valence-electron chi connectivity index (χ3n) is 5.18. The van der Waals surface area contributed by atoms with Gasteiger partial charge in [0.2, 0.25) is 5.91 Å². The Morgan fingerprint density at radius 3 is 2.60 bits per heavy atom. The molecular formula is C21H20ClFN4O3. The zero-order chi connectivity index (χ0) is 21.3. The Morgan fingerprint density at radius 2 is 1.93 bits per heavy atom. The molecule has 3 heterocycles. The van der Waals surface area contributed by atoms with E-state index in [0.717, 1.165) is 5.69 Å². The van der Waals surface area contributed by atoms with Gasteiger partial charge >= 0.3 is 0 Å². The first-order valence-electron chi connectivity index (χ1n) is 9.56. The predicted octanol–water partition coefficient (Wildman–Crippen LogP) is 3.21. The van der Waals surface area contributed by atoms with Gasteiger partial charge in [0.05, 0.1) is 11.3 Å². The Bertz CT molecular complexity index is 1110. The quantitative estimate of drug-likeness (QED) is 0.635. The van der Waals surface area contributed by atoms with Crippen molar-refractivity contribution in [2.45, 2.75) is 13.0 Å². The Morgan fingerprint density at radius 1 is 1.17 bits per heavy atom. The van der Waals surface area contributed by atoms with E-state index in [2.05, 4.69) is 5.10 Å². The Hall–Kier alpha value is -3.13. The third-order valence-corrected chi connectivity index (χ3v) is 5.47. The molecule has 0 saturated carbocycles. The standard InChI is InChI=1S/C21H20ClFN4O3/c1-14(27-20(28)7-6-18(24-27)19-3-2-12-30-19)21(29)26-10-8-25(9-11-26)15-4-5-17(23)16(22)13-15/h2-7,12-14H,8-11H2,1H3. The molecule has 30 heavy (non-hydrogen) atoms. The summed E-state index contributed by atoms with van der Waals surface area (Å²) in [5.41, 5.74) is 0.939. The van der Waals surface area contributed by atoms with Crippen molar-refractivity contribution in [3.05, 3.63) is 69.9 Å². The second kappa shape index (κ2) is 8.31. The number of nitrogens with zero attached hydrogens (tertiary/aromatic N) is 4. The second-order valence-electron chi connectivity index (χ2n) is 7.07. The van der Waals surface area contributed by atoms with E-state index in [1.54, 1.807) is 42.2 Å². The summed E-state index contributed by atoms with van der Waals surface area (Å²) in [5.74, 6) is -0.120. The van der Waals surface area contributed by atoms with E-state index in [1.807, 2.05) is 4.90 Å². The summed E-state index contributed by atoms with van der Waals surface area (Å²) >= 11 is 5.87. The molecule has 1 aliphatic rings. The average molecular weight is 431 g/mol. The summed E-state index contributed by atoms with van der Waals surface area (Å²) in [6.45, 7) is 3.77. The number of carbonyl (C=O) groups excluding carboxylic acids is 1. The van der Waals surface area contributed by atoms with Crippen LogP contribution in [0.1, 0.15) is 13.0 Å². The fourth-order valence-corrected chi connectivity index (χ4v) is 3.67. The van der Waals surface area contributed by atoms with Gasteiger partial charge in [0.15, 0.2) is 5.76 Å². The fourth-order valence-electron chi connectivity index (χ4n) is 3.49. The van der Waals surface area contributed by atoms with Gasteiger partial charge in [-0.2, -0.15) is 5.10 Å². The van der Waals surface area contributed by atoms with Crippen LogP contribution < -0.4 is 10.5 Å². The van der Waals surface area contributed by atoms with Gasteiger partial charge in [-0.25, -0.2) is 9.07 Å². The fraction of sp³-hybridized carbons (Fsp3) is 0.286. The number of piperazine rings is 1. The molecule has 0 N–H and O–H groups in total. The van der Waals surface area contributed by atoms with E-state index in [-0.39, 0.29) is 16.5 Å². The van der Waals surface area contributed by atoms with Gasteiger partial charge < -0.3 is 14.2 Å². The van der Waals surface area contributed by atoms with Crippen LogP contribution in [-0.2, 0) is 4.79 Å². The van der Waals surface area contributed by atoms with E-state index < -0.39 is 11.9 Å². The first-order chi connectivity index (χ1) is 14.4. The van der Waals surface area contributed by atoms with Crippen LogP contribution in [0.4, 0.5) is 10.1 Å². The lowest BCUT2D eigenvalue weighted by atomic mass is 10.2. The smallest absolute Gasteiger partial charge is 0.267 e. The minimum absolute atomic E-state index is 0.0708. The highest BCUT2D eigenvalue weighted by molar-refractivity contribution is 6.31. The lowest BCUT2D eigenvalue weighted by Gasteiger charge is -2.37. The summed E-state index contributed by atoms with van der Waals surface area (Å²) in [4.78, 5) is 29.1. The van der Waals surface area contributed by atoms with Gasteiger partial charge in [-0.05, 0) is 43.3 Å². The summed E-state index contributed by atoms with van der Waals surface area (Å²) < 4.78 is 19.9. The van der Waals surface area contributed by atoms with Gasteiger partial charge in [-0.3, -0.25) is 9.59 Å². The Balaban J connectivity index is 1.46. The number of anilines is 1. The highest BCUT2D eigenvalue weighted by Gasteiger charge is 2.27. The minimum Gasteiger partial charge on any atom is -0.463 e. The van der Waals surface area contributed by atoms with Crippen molar-refractivity contribution in [1.29, 1.82) is 0 Å². The van der Waals surface area contributed by atoms with Crippen LogP contribution in [0.25, 0.3) is 11.5 Å². The molecule has 0 radical (unpaired) electrons. The molecule has 1 aliphatic heterocycles. The number of carbonyl (C=O) groups is 1. The molecule has 4 rings (SSSR count). The minimum atomic E-state index is -0.751.